The van der Waals surface area contributed by atoms with Crippen LogP contribution in [0.2, 0.25) is 0 Å². The van der Waals surface area contributed by atoms with Gasteiger partial charge in [0.1, 0.15) is 0 Å². The number of carbonyl (C=O) groups is 1. The zero-order valence-corrected chi connectivity index (χ0v) is 10.0. The lowest BCUT2D eigenvalue weighted by atomic mass is 9.90. The third-order valence-electron chi connectivity index (χ3n) is 3.32. The van der Waals surface area contributed by atoms with Gasteiger partial charge >= 0.3 is 0 Å². The lowest BCUT2D eigenvalue weighted by Gasteiger charge is -2.32. The molecule has 1 heterocycles. The normalized spacial score (nSPS) is 19.7. The minimum Gasteiger partial charge on any atom is -0.339 e. The molecule has 4 heteroatoms. The molecule has 1 atom stereocenters. The van der Waals surface area contributed by atoms with Gasteiger partial charge in [-0.2, -0.15) is 0 Å². The van der Waals surface area contributed by atoms with Crippen LogP contribution in [0.15, 0.2) is 30.9 Å². The van der Waals surface area contributed by atoms with Gasteiger partial charge in [0, 0.05) is 19.0 Å². The molecule has 2 rings (SSSR count). The van der Waals surface area contributed by atoms with Crippen molar-refractivity contribution in [3.8, 4) is 0 Å². The Bertz CT molecular complexity index is 473. The fourth-order valence-electron chi connectivity index (χ4n) is 2.34. The van der Waals surface area contributed by atoms with Gasteiger partial charge in [0.15, 0.2) is 11.6 Å². The molecule has 0 bridgehead atoms. The third-order valence-corrected chi connectivity index (χ3v) is 3.32. The minimum atomic E-state index is -0.839. The first-order valence-electron chi connectivity index (χ1n) is 5.98. The number of benzene rings is 1. The van der Waals surface area contributed by atoms with Gasteiger partial charge in [-0.25, -0.2) is 8.78 Å². The summed E-state index contributed by atoms with van der Waals surface area (Å²) in [5, 5.41) is 0. The van der Waals surface area contributed by atoms with Crippen molar-refractivity contribution in [1.29, 1.82) is 0 Å². The lowest BCUT2D eigenvalue weighted by Crippen LogP contribution is -2.38. The number of nitrogens with zero attached hydrogens (tertiary/aromatic N) is 1. The van der Waals surface area contributed by atoms with Crippen LogP contribution in [0.5, 0.6) is 0 Å². The summed E-state index contributed by atoms with van der Waals surface area (Å²) in [5.41, 5.74) is 0.746. The second kappa shape index (κ2) is 5.29. The van der Waals surface area contributed by atoms with Gasteiger partial charge in [0.2, 0.25) is 5.91 Å². The van der Waals surface area contributed by atoms with Crippen molar-refractivity contribution in [3.63, 3.8) is 0 Å². The zero-order chi connectivity index (χ0) is 13.1. The fourth-order valence-corrected chi connectivity index (χ4v) is 2.34. The molecule has 1 aromatic rings. The summed E-state index contributed by atoms with van der Waals surface area (Å²) in [4.78, 5) is 13.2. The molecule has 1 aromatic carbocycles. The first-order valence-corrected chi connectivity index (χ1v) is 5.98. The highest BCUT2D eigenvalue weighted by atomic mass is 19.2. The quantitative estimate of drug-likeness (QED) is 0.740. The van der Waals surface area contributed by atoms with E-state index >= 15 is 0 Å². The highest BCUT2D eigenvalue weighted by molar-refractivity contribution is 5.87. The van der Waals surface area contributed by atoms with E-state index in [-0.39, 0.29) is 11.8 Å². The monoisotopic (exact) mass is 251 g/mol. The Hall–Kier alpha value is -1.71. The SMILES string of the molecule is C=CC(=O)N1CCCC(c2ccc(F)c(F)c2)C1. The summed E-state index contributed by atoms with van der Waals surface area (Å²) in [6.45, 7) is 4.70. The standard InChI is InChI=1S/C14H15F2NO/c1-2-14(18)17-7-3-4-11(9-17)10-5-6-12(15)13(16)8-10/h2,5-6,8,11H,1,3-4,7,9H2. The maximum atomic E-state index is 13.2. The van der Waals surface area contributed by atoms with E-state index in [2.05, 4.69) is 6.58 Å². The smallest absolute Gasteiger partial charge is 0.245 e. The number of hydrogen-bond acceptors (Lipinski definition) is 1. The second-order valence-corrected chi connectivity index (χ2v) is 4.50. The maximum absolute atomic E-state index is 13.2. The summed E-state index contributed by atoms with van der Waals surface area (Å²) < 4.78 is 26.1. The molecular weight excluding hydrogens is 236 g/mol. The Morgan fingerprint density at radius 3 is 2.83 bits per heavy atom. The maximum Gasteiger partial charge on any atom is 0.245 e. The Labute approximate surface area is 105 Å². The Kier molecular flexibility index (Phi) is 3.75. The van der Waals surface area contributed by atoms with Crippen molar-refractivity contribution >= 4 is 5.91 Å². The van der Waals surface area contributed by atoms with E-state index in [9.17, 15) is 13.6 Å². The van der Waals surface area contributed by atoms with Crippen molar-refractivity contribution < 1.29 is 13.6 Å². The summed E-state index contributed by atoms with van der Waals surface area (Å²) in [7, 11) is 0. The van der Waals surface area contributed by atoms with Crippen molar-refractivity contribution in [2.75, 3.05) is 13.1 Å². The number of amides is 1. The average Bonchev–Trinajstić information content (AvgIpc) is 2.41. The molecule has 18 heavy (non-hydrogen) atoms. The molecule has 1 fully saturated rings. The third kappa shape index (κ3) is 2.58. The molecular formula is C14H15F2NO. The van der Waals surface area contributed by atoms with Crippen LogP contribution in [0.1, 0.15) is 24.3 Å². The predicted molar refractivity (Wildman–Crippen MR) is 65.1 cm³/mol. The summed E-state index contributed by atoms with van der Waals surface area (Å²) >= 11 is 0. The Morgan fingerprint density at radius 2 is 2.17 bits per heavy atom. The molecule has 96 valence electrons. The molecule has 1 unspecified atom stereocenters. The highest BCUT2D eigenvalue weighted by Crippen LogP contribution is 2.27. The summed E-state index contributed by atoms with van der Waals surface area (Å²) in [6, 6.07) is 3.95. The molecule has 1 aliphatic rings. The molecule has 0 spiro atoms. The van der Waals surface area contributed by atoms with Gasteiger partial charge in [-0.1, -0.05) is 12.6 Å². The van der Waals surface area contributed by atoms with Crippen molar-refractivity contribution in [3.05, 3.63) is 48.1 Å². The van der Waals surface area contributed by atoms with E-state index < -0.39 is 11.6 Å². The van der Waals surface area contributed by atoms with Crippen LogP contribution in [0.3, 0.4) is 0 Å². The number of halogens is 2. The molecule has 1 amide bonds. The van der Waals surface area contributed by atoms with E-state index in [1.807, 2.05) is 0 Å². The fraction of sp³-hybridized carbons (Fsp3) is 0.357. The first-order chi connectivity index (χ1) is 8.61. The van der Waals surface area contributed by atoms with Crippen molar-refractivity contribution in [1.82, 2.24) is 4.90 Å². The van der Waals surface area contributed by atoms with Gasteiger partial charge in [0.05, 0.1) is 0 Å². The molecule has 0 aromatic heterocycles. The number of likely N-dealkylation sites (tertiary alicyclic amines) is 1. The van der Waals surface area contributed by atoms with Gasteiger partial charge in [-0.15, -0.1) is 0 Å². The Morgan fingerprint density at radius 1 is 1.39 bits per heavy atom. The van der Waals surface area contributed by atoms with Crippen LogP contribution in [0.4, 0.5) is 8.78 Å². The van der Waals surface area contributed by atoms with Crippen LogP contribution in [-0.2, 0) is 4.79 Å². The largest absolute Gasteiger partial charge is 0.339 e. The van der Waals surface area contributed by atoms with Crippen molar-refractivity contribution in [2.45, 2.75) is 18.8 Å². The van der Waals surface area contributed by atoms with Crippen molar-refractivity contribution in [2.24, 2.45) is 0 Å². The number of hydrogen-bond donors (Lipinski definition) is 0. The van der Waals surface area contributed by atoms with E-state index in [4.69, 9.17) is 0 Å². The van der Waals surface area contributed by atoms with Crippen LogP contribution >= 0.6 is 0 Å². The van der Waals surface area contributed by atoms with E-state index in [0.29, 0.717) is 13.1 Å². The molecule has 2 nitrogen and oxygen atoms in total. The van der Waals surface area contributed by atoms with Crippen LogP contribution in [-0.4, -0.2) is 23.9 Å². The van der Waals surface area contributed by atoms with Crippen LogP contribution in [0, 0.1) is 11.6 Å². The highest BCUT2D eigenvalue weighted by Gasteiger charge is 2.24. The molecule has 0 aliphatic carbocycles. The van der Waals surface area contributed by atoms with E-state index in [1.165, 1.54) is 12.1 Å². The number of piperidine rings is 1. The van der Waals surface area contributed by atoms with Gasteiger partial charge in [-0.3, -0.25) is 4.79 Å². The number of rotatable bonds is 2. The molecule has 0 saturated carbocycles. The van der Waals surface area contributed by atoms with E-state index in [0.717, 1.165) is 24.5 Å². The average molecular weight is 251 g/mol. The summed E-state index contributed by atoms with van der Waals surface area (Å²) in [5.74, 6) is -1.71. The Balaban J connectivity index is 2.15. The number of carbonyl (C=O) groups excluding carboxylic acids is 1. The van der Waals surface area contributed by atoms with Crippen LogP contribution < -0.4 is 0 Å². The first kappa shape index (κ1) is 12.7. The van der Waals surface area contributed by atoms with Crippen LogP contribution in [0.25, 0.3) is 0 Å². The molecule has 1 saturated heterocycles. The molecule has 1 aliphatic heterocycles. The lowest BCUT2D eigenvalue weighted by molar-refractivity contribution is -0.127. The van der Waals surface area contributed by atoms with Gasteiger partial charge in [-0.05, 0) is 36.6 Å². The molecule has 0 radical (unpaired) electrons. The topological polar surface area (TPSA) is 20.3 Å². The molecule has 0 N–H and O–H groups in total. The predicted octanol–water partition coefficient (Wildman–Crippen LogP) is 2.86. The summed E-state index contributed by atoms with van der Waals surface area (Å²) in [6.07, 6.45) is 3.03. The van der Waals surface area contributed by atoms with Gasteiger partial charge < -0.3 is 4.90 Å². The minimum absolute atomic E-state index is 0.0674. The van der Waals surface area contributed by atoms with Gasteiger partial charge in [0.25, 0.3) is 0 Å². The van der Waals surface area contributed by atoms with E-state index in [1.54, 1.807) is 11.0 Å². The zero-order valence-electron chi connectivity index (χ0n) is 10.0. The second-order valence-electron chi connectivity index (χ2n) is 4.50.